The molecule has 1 heterocycles. The van der Waals surface area contributed by atoms with Gasteiger partial charge in [-0.15, -0.1) is 0 Å². The molecule has 1 aliphatic rings. The number of para-hydroxylation sites is 1. The van der Waals surface area contributed by atoms with E-state index in [1.54, 1.807) is 0 Å². The van der Waals surface area contributed by atoms with E-state index in [0.29, 0.717) is 24.4 Å². The highest BCUT2D eigenvalue weighted by atomic mass is 35.5. The summed E-state index contributed by atoms with van der Waals surface area (Å²) in [5, 5.41) is 3.37. The maximum Gasteiger partial charge on any atom is 0.243 e. The minimum absolute atomic E-state index is 0.149. The number of carbonyl (C=O) groups excluding carboxylic acids is 1. The molecular formula is C19H21ClN2O3S. The molecule has 1 N–H and O–H groups in total. The molecule has 0 bridgehead atoms. The lowest BCUT2D eigenvalue weighted by molar-refractivity contribution is -0.119. The molecule has 1 atom stereocenters. The molecule has 0 spiro atoms. The zero-order valence-electron chi connectivity index (χ0n) is 14.5. The standard InChI is InChI=1S/C19H21ClN2O3S/c1-2-14-6-3-4-7-17(14)21-19(23)18-8-5-13-22(18)26(24,25)16-11-9-15(20)10-12-16/h3-4,6-7,9-12,18H,2,5,8,13H2,1H3,(H,21,23). The van der Waals surface area contributed by atoms with Gasteiger partial charge in [-0.05, 0) is 55.2 Å². The summed E-state index contributed by atoms with van der Waals surface area (Å²) in [5.74, 6) is -0.291. The smallest absolute Gasteiger partial charge is 0.243 e. The summed E-state index contributed by atoms with van der Waals surface area (Å²) in [5.41, 5.74) is 1.75. The summed E-state index contributed by atoms with van der Waals surface area (Å²) in [4.78, 5) is 12.9. The normalized spacial score (nSPS) is 18.0. The van der Waals surface area contributed by atoms with Crippen LogP contribution in [0.1, 0.15) is 25.3 Å². The number of amides is 1. The van der Waals surface area contributed by atoms with Gasteiger partial charge in [-0.1, -0.05) is 36.7 Å². The van der Waals surface area contributed by atoms with E-state index in [1.165, 1.54) is 28.6 Å². The van der Waals surface area contributed by atoms with E-state index in [1.807, 2.05) is 31.2 Å². The molecule has 26 heavy (non-hydrogen) atoms. The van der Waals surface area contributed by atoms with Crippen molar-refractivity contribution < 1.29 is 13.2 Å². The minimum Gasteiger partial charge on any atom is -0.324 e. The fraction of sp³-hybridized carbons (Fsp3) is 0.316. The van der Waals surface area contributed by atoms with E-state index in [4.69, 9.17) is 11.6 Å². The second-order valence-electron chi connectivity index (χ2n) is 6.23. The Kier molecular flexibility index (Phi) is 5.65. The van der Waals surface area contributed by atoms with Crippen LogP contribution in [0.25, 0.3) is 0 Å². The molecular weight excluding hydrogens is 372 g/mol. The van der Waals surface area contributed by atoms with Crippen molar-refractivity contribution in [3.8, 4) is 0 Å². The summed E-state index contributed by atoms with van der Waals surface area (Å²) >= 11 is 5.85. The maximum absolute atomic E-state index is 12.9. The van der Waals surface area contributed by atoms with Crippen LogP contribution in [0.3, 0.4) is 0 Å². The van der Waals surface area contributed by atoms with Crippen molar-refractivity contribution in [3.05, 3.63) is 59.1 Å². The Morgan fingerprint density at radius 2 is 1.88 bits per heavy atom. The summed E-state index contributed by atoms with van der Waals surface area (Å²) in [6.07, 6.45) is 1.95. The third-order valence-corrected chi connectivity index (χ3v) is 6.76. The van der Waals surface area contributed by atoms with Gasteiger partial charge in [0, 0.05) is 17.3 Å². The van der Waals surface area contributed by atoms with E-state index in [-0.39, 0.29) is 10.8 Å². The number of carbonyl (C=O) groups is 1. The Hall–Kier alpha value is -1.89. The maximum atomic E-state index is 12.9. The van der Waals surface area contributed by atoms with Gasteiger partial charge in [-0.3, -0.25) is 4.79 Å². The van der Waals surface area contributed by atoms with Crippen LogP contribution in [0.5, 0.6) is 0 Å². The first-order chi connectivity index (χ1) is 12.4. The number of aryl methyl sites for hydroxylation is 1. The van der Waals surface area contributed by atoms with Gasteiger partial charge in [0.1, 0.15) is 6.04 Å². The largest absolute Gasteiger partial charge is 0.324 e. The highest BCUT2D eigenvalue weighted by Crippen LogP contribution is 2.28. The molecule has 1 aliphatic heterocycles. The first-order valence-corrected chi connectivity index (χ1v) is 10.4. The summed E-state index contributed by atoms with van der Waals surface area (Å²) in [7, 11) is -3.74. The fourth-order valence-corrected chi connectivity index (χ4v) is 4.98. The van der Waals surface area contributed by atoms with Gasteiger partial charge < -0.3 is 5.32 Å². The van der Waals surface area contributed by atoms with Crippen LogP contribution < -0.4 is 5.32 Å². The number of anilines is 1. The lowest BCUT2D eigenvalue weighted by Gasteiger charge is -2.24. The lowest BCUT2D eigenvalue weighted by Crippen LogP contribution is -2.43. The first-order valence-electron chi connectivity index (χ1n) is 8.59. The van der Waals surface area contributed by atoms with Crippen molar-refractivity contribution in [1.82, 2.24) is 4.31 Å². The predicted octanol–water partition coefficient (Wildman–Crippen LogP) is 3.69. The summed E-state index contributed by atoms with van der Waals surface area (Å²) in [6.45, 7) is 2.34. The second-order valence-corrected chi connectivity index (χ2v) is 8.55. The first kappa shape index (κ1) is 18.9. The van der Waals surface area contributed by atoms with Crippen LogP contribution >= 0.6 is 11.6 Å². The van der Waals surface area contributed by atoms with Crippen molar-refractivity contribution in [2.75, 3.05) is 11.9 Å². The Morgan fingerprint density at radius 1 is 1.19 bits per heavy atom. The zero-order valence-corrected chi connectivity index (χ0v) is 16.1. The number of sulfonamides is 1. The average molecular weight is 393 g/mol. The third kappa shape index (κ3) is 3.77. The molecule has 138 valence electrons. The van der Waals surface area contributed by atoms with Gasteiger partial charge in [0.05, 0.1) is 4.90 Å². The second kappa shape index (κ2) is 7.78. The number of rotatable bonds is 5. The van der Waals surface area contributed by atoms with Crippen molar-refractivity contribution in [2.24, 2.45) is 0 Å². The molecule has 0 radical (unpaired) electrons. The molecule has 5 nitrogen and oxygen atoms in total. The Bertz CT molecular complexity index is 897. The number of hydrogen-bond acceptors (Lipinski definition) is 3. The summed E-state index contributed by atoms with van der Waals surface area (Å²) in [6, 6.07) is 12.9. The van der Waals surface area contributed by atoms with Crippen molar-refractivity contribution >= 4 is 33.2 Å². The van der Waals surface area contributed by atoms with Gasteiger partial charge in [0.2, 0.25) is 15.9 Å². The summed E-state index contributed by atoms with van der Waals surface area (Å²) < 4.78 is 27.2. The highest BCUT2D eigenvalue weighted by Gasteiger charge is 2.39. The van der Waals surface area contributed by atoms with E-state index in [0.717, 1.165) is 17.7 Å². The van der Waals surface area contributed by atoms with Crippen LogP contribution in [-0.4, -0.2) is 31.2 Å². The molecule has 1 fully saturated rings. The van der Waals surface area contributed by atoms with Crippen LogP contribution in [0.2, 0.25) is 5.02 Å². The lowest BCUT2D eigenvalue weighted by atomic mass is 10.1. The average Bonchev–Trinajstić information content (AvgIpc) is 3.13. The van der Waals surface area contributed by atoms with Gasteiger partial charge in [-0.2, -0.15) is 4.31 Å². The molecule has 2 aromatic rings. The number of nitrogens with zero attached hydrogens (tertiary/aromatic N) is 1. The quantitative estimate of drug-likeness (QED) is 0.843. The Balaban J connectivity index is 1.83. The Morgan fingerprint density at radius 3 is 2.58 bits per heavy atom. The van der Waals surface area contributed by atoms with E-state index in [2.05, 4.69) is 5.32 Å². The zero-order chi connectivity index (χ0) is 18.7. The molecule has 0 aromatic heterocycles. The van der Waals surface area contributed by atoms with Gasteiger partial charge >= 0.3 is 0 Å². The molecule has 1 saturated heterocycles. The number of hydrogen-bond donors (Lipinski definition) is 1. The van der Waals surface area contributed by atoms with Crippen LogP contribution in [0, 0.1) is 0 Å². The molecule has 0 aliphatic carbocycles. The monoisotopic (exact) mass is 392 g/mol. The topological polar surface area (TPSA) is 66.5 Å². The van der Waals surface area contributed by atoms with Gasteiger partial charge in [-0.25, -0.2) is 8.42 Å². The number of halogens is 1. The van der Waals surface area contributed by atoms with Crippen LogP contribution in [0.15, 0.2) is 53.4 Å². The van der Waals surface area contributed by atoms with Crippen molar-refractivity contribution in [2.45, 2.75) is 37.1 Å². The van der Waals surface area contributed by atoms with Crippen molar-refractivity contribution in [3.63, 3.8) is 0 Å². The number of benzene rings is 2. The number of nitrogens with one attached hydrogen (secondary N) is 1. The van der Waals surface area contributed by atoms with Crippen LogP contribution in [-0.2, 0) is 21.2 Å². The third-order valence-electron chi connectivity index (χ3n) is 4.58. The fourth-order valence-electron chi connectivity index (χ4n) is 3.20. The van der Waals surface area contributed by atoms with E-state index >= 15 is 0 Å². The molecule has 2 aromatic carbocycles. The molecule has 0 saturated carbocycles. The predicted molar refractivity (Wildman–Crippen MR) is 103 cm³/mol. The molecule has 1 unspecified atom stereocenters. The molecule has 3 rings (SSSR count). The van der Waals surface area contributed by atoms with Gasteiger partial charge in [0.25, 0.3) is 0 Å². The van der Waals surface area contributed by atoms with Gasteiger partial charge in [0.15, 0.2) is 0 Å². The SMILES string of the molecule is CCc1ccccc1NC(=O)C1CCCN1S(=O)(=O)c1ccc(Cl)cc1. The molecule has 7 heteroatoms. The van der Waals surface area contributed by atoms with E-state index in [9.17, 15) is 13.2 Å². The molecule has 1 amide bonds. The highest BCUT2D eigenvalue weighted by molar-refractivity contribution is 7.89. The minimum atomic E-state index is -3.74. The van der Waals surface area contributed by atoms with Crippen LogP contribution in [0.4, 0.5) is 5.69 Å². The Labute approximate surface area is 159 Å². The van der Waals surface area contributed by atoms with Crippen molar-refractivity contribution in [1.29, 1.82) is 0 Å². The van der Waals surface area contributed by atoms with E-state index < -0.39 is 16.1 Å².